The summed E-state index contributed by atoms with van der Waals surface area (Å²) in [5, 5.41) is 12.3. The molecule has 0 bridgehead atoms. The number of benzene rings is 2. The van der Waals surface area contributed by atoms with E-state index in [1.165, 1.54) is 22.3 Å². The maximum absolute atomic E-state index is 12.3. The maximum atomic E-state index is 12.3. The number of ether oxygens (including phenoxy) is 1. The Labute approximate surface area is 164 Å². The zero-order valence-corrected chi connectivity index (χ0v) is 15.4. The van der Waals surface area contributed by atoms with Crippen LogP contribution in [0.1, 0.15) is 22.6 Å². The lowest BCUT2D eigenvalue weighted by Gasteiger charge is -2.18. The third kappa shape index (κ3) is 3.75. The minimum atomic E-state index is -0.519. The highest BCUT2D eigenvalue weighted by atomic mass is 16.5. The second-order valence-electron chi connectivity index (χ2n) is 6.91. The van der Waals surface area contributed by atoms with E-state index >= 15 is 0 Å². The Hall–Kier alpha value is -3.18. The molecule has 0 radical (unpaired) electrons. The van der Waals surface area contributed by atoms with Gasteiger partial charge in [0.05, 0.1) is 12.6 Å². The van der Waals surface area contributed by atoms with E-state index in [1.807, 2.05) is 36.4 Å². The van der Waals surface area contributed by atoms with Crippen molar-refractivity contribution in [3.8, 4) is 11.1 Å². The second-order valence-corrected chi connectivity index (χ2v) is 6.91. The standard InChI is InChI=1S/C23H22N2O3/c26-14-17(13-16-9-11-24-12-10-16)25-23(27)28-15-22-20-7-3-1-5-18(20)19-6-2-4-8-21(19)22/h1-12,17,22,26H,13-15H2,(H,25,27). The van der Waals surface area contributed by atoms with E-state index < -0.39 is 12.1 Å². The number of aliphatic hydroxyl groups excluding tert-OH is 1. The zero-order chi connectivity index (χ0) is 19.3. The fourth-order valence-electron chi connectivity index (χ4n) is 3.77. The van der Waals surface area contributed by atoms with E-state index in [9.17, 15) is 9.90 Å². The third-order valence-electron chi connectivity index (χ3n) is 5.12. The molecule has 3 aromatic rings. The van der Waals surface area contributed by atoms with Crippen molar-refractivity contribution in [1.82, 2.24) is 10.3 Å². The zero-order valence-electron chi connectivity index (χ0n) is 15.4. The Morgan fingerprint density at radius 2 is 1.61 bits per heavy atom. The van der Waals surface area contributed by atoms with Crippen LogP contribution >= 0.6 is 0 Å². The van der Waals surface area contributed by atoms with Crippen LogP contribution in [0.2, 0.25) is 0 Å². The topological polar surface area (TPSA) is 71.5 Å². The predicted molar refractivity (Wildman–Crippen MR) is 107 cm³/mol. The molecule has 1 aliphatic rings. The van der Waals surface area contributed by atoms with Gasteiger partial charge in [0.15, 0.2) is 0 Å². The summed E-state index contributed by atoms with van der Waals surface area (Å²) in [5.74, 6) is 0.0194. The first kappa shape index (κ1) is 18.2. The van der Waals surface area contributed by atoms with Gasteiger partial charge in [0, 0.05) is 18.3 Å². The summed E-state index contributed by atoms with van der Waals surface area (Å²) in [6.07, 6.45) is 3.38. The average Bonchev–Trinajstić information content (AvgIpc) is 3.06. The van der Waals surface area contributed by atoms with Gasteiger partial charge in [-0.2, -0.15) is 0 Å². The minimum absolute atomic E-state index is 0.0194. The van der Waals surface area contributed by atoms with Gasteiger partial charge in [-0.3, -0.25) is 4.98 Å². The number of hydrogen-bond donors (Lipinski definition) is 2. The summed E-state index contributed by atoms with van der Waals surface area (Å²) in [6.45, 7) is 0.0970. The Morgan fingerprint density at radius 1 is 1.00 bits per heavy atom. The van der Waals surface area contributed by atoms with Gasteiger partial charge in [0.25, 0.3) is 0 Å². The molecule has 0 saturated carbocycles. The summed E-state index contributed by atoms with van der Waals surface area (Å²) in [6, 6.07) is 19.8. The Balaban J connectivity index is 1.41. The number of fused-ring (bicyclic) bond motifs is 3. The van der Waals surface area contributed by atoms with E-state index in [0.29, 0.717) is 6.42 Å². The molecule has 0 spiro atoms. The Morgan fingerprint density at radius 3 is 2.21 bits per heavy atom. The molecule has 1 unspecified atom stereocenters. The maximum Gasteiger partial charge on any atom is 0.407 e. The van der Waals surface area contributed by atoms with Crippen LogP contribution in [0.5, 0.6) is 0 Å². The van der Waals surface area contributed by atoms with Gasteiger partial charge < -0.3 is 15.2 Å². The highest BCUT2D eigenvalue weighted by molar-refractivity contribution is 5.79. The highest BCUT2D eigenvalue weighted by Gasteiger charge is 2.29. The van der Waals surface area contributed by atoms with Crippen molar-refractivity contribution in [2.45, 2.75) is 18.4 Å². The lowest BCUT2D eigenvalue weighted by Crippen LogP contribution is -2.39. The van der Waals surface area contributed by atoms with Crippen molar-refractivity contribution in [3.63, 3.8) is 0 Å². The predicted octanol–water partition coefficient (Wildman–Crippen LogP) is 3.52. The first-order valence-electron chi connectivity index (χ1n) is 9.37. The third-order valence-corrected chi connectivity index (χ3v) is 5.12. The molecule has 1 heterocycles. The molecule has 1 aliphatic carbocycles. The monoisotopic (exact) mass is 374 g/mol. The molecule has 4 rings (SSSR count). The number of nitrogens with zero attached hydrogens (tertiary/aromatic N) is 1. The molecular weight excluding hydrogens is 352 g/mol. The van der Waals surface area contributed by atoms with Crippen molar-refractivity contribution < 1.29 is 14.6 Å². The lowest BCUT2D eigenvalue weighted by atomic mass is 9.98. The van der Waals surface area contributed by atoms with Crippen molar-refractivity contribution in [1.29, 1.82) is 0 Å². The van der Waals surface area contributed by atoms with Gasteiger partial charge in [0.2, 0.25) is 0 Å². The van der Waals surface area contributed by atoms with Crippen LogP contribution in [0.4, 0.5) is 4.79 Å². The number of rotatable bonds is 6. The molecule has 0 fully saturated rings. The van der Waals surface area contributed by atoms with E-state index in [1.54, 1.807) is 12.4 Å². The number of carbonyl (C=O) groups is 1. The molecule has 0 aliphatic heterocycles. The number of hydrogen-bond acceptors (Lipinski definition) is 4. The fraction of sp³-hybridized carbons (Fsp3) is 0.217. The number of pyridine rings is 1. The second kappa shape index (κ2) is 8.23. The van der Waals surface area contributed by atoms with E-state index in [4.69, 9.17) is 4.74 Å². The Kier molecular flexibility index (Phi) is 5.35. The van der Waals surface area contributed by atoms with Gasteiger partial charge in [-0.1, -0.05) is 48.5 Å². The number of nitrogens with one attached hydrogen (secondary N) is 1. The van der Waals surface area contributed by atoms with Crippen LogP contribution in [-0.4, -0.2) is 35.4 Å². The highest BCUT2D eigenvalue weighted by Crippen LogP contribution is 2.44. The molecule has 1 aromatic heterocycles. The molecule has 28 heavy (non-hydrogen) atoms. The quantitative estimate of drug-likeness (QED) is 0.692. The van der Waals surface area contributed by atoms with Gasteiger partial charge in [-0.25, -0.2) is 4.79 Å². The van der Waals surface area contributed by atoms with Gasteiger partial charge in [-0.15, -0.1) is 0 Å². The normalized spacial score (nSPS) is 13.5. The molecule has 2 aromatic carbocycles. The number of amides is 1. The molecule has 142 valence electrons. The molecule has 5 heteroatoms. The van der Waals surface area contributed by atoms with Gasteiger partial charge >= 0.3 is 6.09 Å². The van der Waals surface area contributed by atoms with E-state index in [-0.39, 0.29) is 19.1 Å². The van der Waals surface area contributed by atoms with Crippen molar-refractivity contribution in [2.24, 2.45) is 0 Å². The van der Waals surface area contributed by atoms with Crippen LogP contribution in [0.3, 0.4) is 0 Å². The largest absolute Gasteiger partial charge is 0.449 e. The van der Waals surface area contributed by atoms with Crippen molar-refractivity contribution >= 4 is 6.09 Å². The van der Waals surface area contributed by atoms with Crippen LogP contribution < -0.4 is 5.32 Å². The first-order chi connectivity index (χ1) is 13.8. The molecule has 5 nitrogen and oxygen atoms in total. The summed E-state index contributed by atoms with van der Waals surface area (Å²) in [5.41, 5.74) is 5.73. The summed E-state index contributed by atoms with van der Waals surface area (Å²) in [7, 11) is 0. The van der Waals surface area contributed by atoms with Crippen LogP contribution in [0, 0.1) is 0 Å². The van der Waals surface area contributed by atoms with E-state index in [2.05, 4.69) is 34.6 Å². The minimum Gasteiger partial charge on any atom is -0.449 e. The molecule has 0 saturated heterocycles. The molecule has 2 N–H and O–H groups in total. The van der Waals surface area contributed by atoms with Gasteiger partial charge in [0.1, 0.15) is 6.61 Å². The fourth-order valence-corrected chi connectivity index (χ4v) is 3.77. The molecular formula is C23H22N2O3. The summed E-state index contributed by atoms with van der Waals surface area (Å²) < 4.78 is 5.54. The molecule has 1 amide bonds. The molecule has 1 atom stereocenters. The van der Waals surface area contributed by atoms with Crippen LogP contribution in [0.15, 0.2) is 73.1 Å². The van der Waals surface area contributed by atoms with Crippen LogP contribution in [-0.2, 0) is 11.2 Å². The summed E-state index contributed by atoms with van der Waals surface area (Å²) >= 11 is 0. The number of aromatic nitrogens is 1. The van der Waals surface area contributed by atoms with Gasteiger partial charge in [-0.05, 0) is 46.4 Å². The first-order valence-corrected chi connectivity index (χ1v) is 9.37. The average molecular weight is 374 g/mol. The summed E-state index contributed by atoms with van der Waals surface area (Å²) in [4.78, 5) is 16.3. The SMILES string of the molecule is O=C(NC(CO)Cc1ccncc1)OCC1c2ccccc2-c2ccccc21. The van der Waals surface area contributed by atoms with Crippen LogP contribution in [0.25, 0.3) is 11.1 Å². The van der Waals surface area contributed by atoms with Crippen molar-refractivity contribution in [3.05, 3.63) is 89.7 Å². The smallest absolute Gasteiger partial charge is 0.407 e. The number of carbonyl (C=O) groups excluding carboxylic acids is 1. The lowest BCUT2D eigenvalue weighted by molar-refractivity contribution is 0.132. The van der Waals surface area contributed by atoms with E-state index in [0.717, 1.165) is 5.56 Å². The Bertz CT molecular complexity index is 913. The van der Waals surface area contributed by atoms with Crippen molar-refractivity contribution in [2.75, 3.05) is 13.2 Å². The number of aliphatic hydroxyl groups is 1. The number of alkyl carbamates (subject to hydrolysis) is 1.